The van der Waals surface area contributed by atoms with Crippen molar-refractivity contribution in [3.8, 4) is 0 Å². The average molecular weight is 287 g/mol. The Hall–Kier alpha value is -0.150. The molecule has 1 nitrogen and oxygen atoms in total. The van der Waals surface area contributed by atoms with Gasteiger partial charge in [0, 0.05) is 5.92 Å². The van der Waals surface area contributed by atoms with Gasteiger partial charge in [-0.2, -0.15) is 0 Å². The molecule has 15 heavy (non-hydrogen) atoms. The van der Waals surface area contributed by atoms with Crippen molar-refractivity contribution < 1.29 is 4.79 Å². The maximum atomic E-state index is 12.1. The topological polar surface area (TPSA) is 17.1 Å². The van der Waals surface area contributed by atoms with Crippen molar-refractivity contribution in [2.45, 2.75) is 32.6 Å². The zero-order chi connectivity index (χ0) is 10.8. The Labute approximate surface area is 103 Å². The summed E-state index contributed by atoms with van der Waals surface area (Å²) < 4.78 is 1.05. The molecular formula is C12H15BrOS. The van der Waals surface area contributed by atoms with Gasteiger partial charge in [0.2, 0.25) is 0 Å². The second-order valence-corrected chi connectivity index (χ2v) is 6.89. The molecule has 0 aliphatic heterocycles. The minimum absolute atomic E-state index is 0.284. The van der Waals surface area contributed by atoms with Crippen molar-refractivity contribution in [3.63, 3.8) is 0 Å². The van der Waals surface area contributed by atoms with E-state index in [4.69, 9.17) is 0 Å². The average Bonchev–Trinajstić information content (AvgIpc) is 2.65. The van der Waals surface area contributed by atoms with E-state index < -0.39 is 0 Å². The first kappa shape index (κ1) is 11.3. The summed E-state index contributed by atoms with van der Waals surface area (Å²) in [4.78, 5) is 13.0. The lowest BCUT2D eigenvalue weighted by molar-refractivity contribution is 0.0880. The Balaban J connectivity index is 2.02. The molecule has 0 aromatic carbocycles. The molecule has 1 saturated carbocycles. The highest BCUT2D eigenvalue weighted by molar-refractivity contribution is 9.11. The van der Waals surface area contributed by atoms with Gasteiger partial charge in [0.15, 0.2) is 5.78 Å². The molecule has 0 amide bonds. The molecule has 0 spiro atoms. The van der Waals surface area contributed by atoms with Crippen LogP contribution in [0.2, 0.25) is 0 Å². The molecule has 1 aliphatic carbocycles. The fourth-order valence-corrected chi connectivity index (χ4v) is 3.58. The normalized spacial score (nSPS) is 26.5. The standard InChI is InChI=1S/C12H15BrOS/c1-8-2-4-9(5-3-8)12(14)10-6-7-11(13)15-10/h6-9H,2-5H2,1H3. The number of Topliss-reactive ketones (excluding diaryl/α,β-unsaturated/α-hetero) is 1. The first-order chi connectivity index (χ1) is 7.16. The van der Waals surface area contributed by atoms with E-state index in [1.807, 2.05) is 12.1 Å². The summed E-state index contributed by atoms with van der Waals surface area (Å²) in [5.41, 5.74) is 0. The molecule has 1 aromatic heterocycles. The number of ketones is 1. The zero-order valence-electron chi connectivity index (χ0n) is 8.83. The van der Waals surface area contributed by atoms with Gasteiger partial charge in [-0.15, -0.1) is 11.3 Å². The van der Waals surface area contributed by atoms with Crippen molar-refractivity contribution in [2.75, 3.05) is 0 Å². The molecule has 0 bridgehead atoms. The molecular weight excluding hydrogens is 272 g/mol. The number of carbonyl (C=O) groups is 1. The van der Waals surface area contributed by atoms with Crippen LogP contribution in [0.1, 0.15) is 42.3 Å². The zero-order valence-corrected chi connectivity index (χ0v) is 11.2. The Kier molecular flexibility index (Phi) is 3.62. The third-order valence-electron chi connectivity index (χ3n) is 3.20. The molecule has 1 fully saturated rings. The number of carbonyl (C=O) groups excluding carboxylic acids is 1. The van der Waals surface area contributed by atoms with Crippen LogP contribution in [0, 0.1) is 11.8 Å². The van der Waals surface area contributed by atoms with Gasteiger partial charge in [-0.3, -0.25) is 4.79 Å². The second-order valence-electron chi connectivity index (χ2n) is 4.42. The van der Waals surface area contributed by atoms with Crippen LogP contribution in [-0.4, -0.2) is 5.78 Å². The fraction of sp³-hybridized carbons (Fsp3) is 0.583. The summed E-state index contributed by atoms with van der Waals surface area (Å²) >= 11 is 4.96. The van der Waals surface area contributed by atoms with E-state index in [1.54, 1.807) is 11.3 Å². The molecule has 0 saturated heterocycles. The number of halogens is 1. The van der Waals surface area contributed by atoms with Crippen LogP contribution in [0.4, 0.5) is 0 Å². The molecule has 1 aromatic rings. The van der Waals surface area contributed by atoms with E-state index in [1.165, 1.54) is 12.8 Å². The van der Waals surface area contributed by atoms with Gasteiger partial charge < -0.3 is 0 Å². The first-order valence-electron chi connectivity index (χ1n) is 5.46. The maximum absolute atomic E-state index is 12.1. The minimum Gasteiger partial charge on any atom is -0.293 e. The third-order valence-corrected chi connectivity index (χ3v) is 4.84. The van der Waals surface area contributed by atoms with Crippen LogP contribution in [0.25, 0.3) is 0 Å². The molecule has 0 unspecified atom stereocenters. The highest BCUT2D eigenvalue weighted by atomic mass is 79.9. The Morgan fingerprint density at radius 3 is 2.53 bits per heavy atom. The Bertz CT molecular complexity index is 350. The lowest BCUT2D eigenvalue weighted by Crippen LogP contribution is -2.20. The van der Waals surface area contributed by atoms with Gasteiger partial charge in [-0.05, 0) is 46.8 Å². The molecule has 2 rings (SSSR count). The minimum atomic E-state index is 0.284. The first-order valence-corrected chi connectivity index (χ1v) is 7.07. The van der Waals surface area contributed by atoms with Gasteiger partial charge in [-0.1, -0.05) is 19.8 Å². The third kappa shape index (κ3) is 2.70. The predicted octanol–water partition coefficient (Wildman–Crippen LogP) is 4.52. The van der Waals surface area contributed by atoms with E-state index in [-0.39, 0.29) is 5.92 Å². The fourth-order valence-electron chi connectivity index (χ4n) is 2.17. The molecule has 0 atom stereocenters. The quantitative estimate of drug-likeness (QED) is 0.731. The summed E-state index contributed by atoms with van der Waals surface area (Å²) in [5.74, 6) is 1.45. The van der Waals surface area contributed by atoms with Crippen LogP contribution in [-0.2, 0) is 0 Å². The van der Waals surface area contributed by atoms with Gasteiger partial charge in [0.25, 0.3) is 0 Å². The van der Waals surface area contributed by atoms with Crippen molar-refractivity contribution >= 4 is 33.0 Å². The van der Waals surface area contributed by atoms with E-state index in [2.05, 4.69) is 22.9 Å². The maximum Gasteiger partial charge on any atom is 0.175 e. The molecule has 0 N–H and O–H groups in total. The van der Waals surface area contributed by atoms with Gasteiger partial charge >= 0.3 is 0 Å². The van der Waals surface area contributed by atoms with E-state index in [0.717, 1.165) is 27.4 Å². The van der Waals surface area contributed by atoms with Crippen molar-refractivity contribution in [1.82, 2.24) is 0 Å². The summed E-state index contributed by atoms with van der Waals surface area (Å²) in [6.07, 6.45) is 4.58. The number of hydrogen-bond acceptors (Lipinski definition) is 2. The largest absolute Gasteiger partial charge is 0.293 e. The Morgan fingerprint density at radius 2 is 2.00 bits per heavy atom. The van der Waals surface area contributed by atoms with Crippen LogP contribution >= 0.6 is 27.3 Å². The van der Waals surface area contributed by atoms with Crippen molar-refractivity contribution in [2.24, 2.45) is 11.8 Å². The predicted molar refractivity (Wildman–Crippen MR) is 67.5 cm³/mol. The molecule has 3 heteroatoms. The van der Waals surface area contributed by atoms with Gasteiger partial charge in [0.1, 0.15) is 0 Å². The summed E-state index contributed by atoms with van der Waals surface area (Å²) in [6.45, 7) is 2.28. The van der Waals surface area contributed by atoms with Gasteiger partial charge in [-0.25, -0.2) is 0 Å². The smallest absolute Gasteiger partial charge is 0.175 e. The van der Waals surface area contributed by atoms with Crippen LogP contribution in [0.15, 0.2) is 15.9 Å². The Morgan fingerprint density at radius 1 is 1.33 bits per heavy atom. The lowest BCUT2D eigenvalue weighted by atomic mass is 9.80. The molecule has 0 radical (unpaired) electrons. The molecule has 1 heterocycles. The summed E-state index contributed by atoms with van der Waals surface area (Å²) in [5, 5.41) is 0. The van der Waals surface area contributed by atoms with E-state index >= 15 is 0 Å². The van der Waals surface area contributed by atoms with E-state index in [0.29, 0.717) is 5.78 Å². The van der Waals surface area contributed by atoms with Gasteiger partial charge in [0.05, 0.1) is 8.66 Å². The summed E-state index contributed by atoms with van der Waals surface area (Å²) in [6, 6.07) is 3.90. The van der Waals surface area contributed by atoms with Crippen LogP contribution < -0.4 is 0 Å². The monoisotopic (exact) mass is 286 g/mol. The highest BCUT2D eigenvalue weighted by Crippen LogP contribution is 2.33. The second kappa shape index (κ2) is 4.79. The van der Waals surface area contributed by atoms with Crippen molar-refractivity contribution in [1.29, 1.82) is 0 Å². The number of hydrogen-bond donors (Lipinski definition) is 0. The molecule has 1 aliphatic rings. The highest BCUT2D eigenvalue weighted by Gasteiger charge is 2.25. The van der Waals surface area contributed by atoms with Crippen molar-refractivity contribution in [3.05, 3.63) is 20.8 Å². The SMILES string of the molecule is CC1CCC(C(=O)c2ccc(Br)s2)CC1. The lowest BCUT2D eigenvalue weighted by Gasteiger charge is -2.24. The van der Waals surface area contributed by atoms with Crippen LogP contribution in [0.5, 0.6) is 0 Å². The van der Waals surface area contributed by atoms with E-state index in [9.17, 15) is 4.79 Å². The number of rotatable bonds is 2. The van der Waals surface area contributed by atoms with Crippen LogP contribution in [0.3, 0.4) is 0 Å². The summed E-state index contributed by atoms with van der Waals surface area (Å²) in [7, 11) is 0. The molecule has 82 valence electrons. The number of thiophene rings is 1.